The molecule has 3 aromatic rings. The van der Waals surface area contributed by atoms with Crippen molar-refractivity contribution in [1.82, 2.24) is 0 Å². The highest BCUT2D eigenvalue weighted by Gasteiger charge is 2.47. The average molecular weight is 668 g/mol. The second-order valence-corrected chi connectivity index (χ2v) is 10.9. The summed E-state index contributed by atoms with van der Waals surface area (Å²) in [5, 5.41) is 92.9. The molecule has 9 N–H and O–H groups in total. The van der Waals surface area contributed by atoms with Gasteiger partial charge in [-0.3, -0.25) is 4.79 Å². The zero-order valence-electron chi connectivity index (χ0n) is 24.9. The van der Waals surface area contributed by atoms with Crippen LogP contribution >= 0.6 is 0 Å². The van der Waals surface area contributed by atoms with Gasteiger partial charge in [-0.25, -0.2) is 4.42 Å². The van der Waals surface area contributed by atoms with Crippen LogP contribution in [0.4, 0.5) is 0 Å². The number of aliphatic hydroxyl groups excluding tert-OH is 7. The first-order valence-corrected chi connectivity index (χ1v) is 14.3. The fraction of sp³-hybridized carbons (Fsp3) is 0.467. The van der Waals surface area contributed by atoms with Gasteiger partial charge in [-0.05, 0) is 12.1 Å². The quantitative estimate of drug-likeness (QED) is 0.0951. The minimum Gasteiger partial charge on any atom is -0.507 e. The number of methoxy groups -OCH3 is 1. The van der Waals surface area contributed by atoms with Crippen LogP contribution < -0.4 is 14.2 Å². The van der Waals surface area contributed by atoms with Gasteiger partial charge in [0.25, 0.3) is 0 Å². The van der Waals surface area contributed by atoms with E-state index in [1.807, 2.05) is 0 Å². The molecule has 3 heterocycles. The fourth-order valence-corrected chi connectivity index (χ4v) is 5.14. The predicted molar refractivity (Wildman–Crippen MR) is 154 cm³/mol. The molecule has 2 aromatic carbocycles. The number of carbonyl (C=O) groups is 1. The van der Waals surface area contributed by atoms with Crippen LogP contribution in [-0.4, -0.2) is 134 Å². The van der Waals surface area contributed by atoms with Crippen molar-refractivity contribution in [2.45, 2.75) is 68.3 Å². The van der Waals surface area contributed by atoms with E-state index in [9.17, 15) is 50.8 Å². The molecule has 17 nitrogen and oxygen atoms in total. The smallest absolute Gasteiger partial charge is 0.402 e. The van der Waals surface area contributed by atoms with Crippen molar-refractivity contribution in [3.8, 4) is 40.1 Å². The number of rotatable bonds is 9. The summed E-state index contributed by atoms with van der Waals surface area (Å²) in [6.45, 7) is -0.0768. The van der Waals surface area contributed by atoms with Crippen molar-refractivity contribution in [3.05, 3.63) is 36.4 Å². The normalized spacial score (nSPS) is 30.9. The molecule has 0 radical (unpaired) electrons. The summed E-state index contributed by atoms with van der Waals surface area (Å²) in [6, 6.07) is 7.77. The van der Waals surface area contributed by atoms with Crippen molar-refractivity contribution in [1.29, 1.82) is 0 Å². The fourth-order valence-electron chi connectivity index (χ4n) is 5.14. The zero-order chi connectivity index (χ0) is 34.2. The van der Waals surface area contributed by atoms with Gasteiger partial charge in [-0.2, -0.15) is 0 Å². The van der Waals surface area contributed by atoms with E-state index in [1.54, 1.807) is 0 Å². The van der Waals surface area contributed by atoms with E-state index < -0.39 is 80.6 Å². The molecule has 0 aliphatic carbocycles. The van der Waals surface area contributed by atoms with Crippen LogP contribution in [0, 0.1) is 0 Å². The molecule has 2 saturated heterocycles. The van der Waals surface area contributed by atoms with Crippen molar-refractivity contribution in [2.24, 2.45) is 0 Å². The van der Waals surface area contributed by atoms with Gasteiger partial charge in [0.05, 0.1) is 25.3 Å². The Morgan fingerprint density at radius 1 is 0.787 bits per heavy atom. The maximum atomic E-state index is 11.4. The Labute approximate surface area is 265 Å². The lowest BCUT2D eigenvalue weighted by molar-refractivity contribution is -0.278. The van der Waals surface area contributed by atoms with Gasteiger partial charge in [0.15, 0.2) is 11.5 Å². The van der Waals surface area contributed by atoms with Crippen molar-refractivity contribution >= 4 is 16.9 Å². The van der Waals surface area contributed by atoms with Crippen LogP contribution in [0.3, 0.4) is 0 Å². The molecule has 0 saturated carbocycles. The molecule has 0 spiro atoms. The van der Waals surface area contributed by atoms with Gasteiger partial charge in [0.2, 0.25) is 18.3 Å². The lowest BCUT2D eigenvalue weighted by Crippen LogP contribution is -2.60. The highest BCUT2D eigenvalue weighted by Crippen LogP contribution is 2.43. The van der Waals surface area contributed by atoms with Crippen LogP contribution in [-0.2, 0) is 19.0 Å². The Morgan fingerprint density at radius 2 is 1.40 bits per heavy atom. The van der Waals surface area contributed by atoms with Gasteiger partial charge in [-0.15, -0.1) is 0 Å². The number of benzene rings is 2. The molecule has 10 unspecified atom stereocenters. The predicted octanol–water partition coefficient (Wildman–Crippen LogP) is -1.27. The second kappa shape index (κ2) is 14.0. The SMILES string of the molecule is COc1cc(-c2[o+]c3cc(O)cc(OC4OC(CO)C(O)C(O)C4O)c3cc2OC2OC(COC(C)=O)C(O)C(O)C2O)ccc1O. The first-order chi connectivity index (χ1) is 22.3. The summed E-state index contributed by atoms with van der Waals surface area (Å²) in [5.74, 6) is -1.68. The summed E-state index contributed by atoms with van der Waals surface area (Å²) in [7, 11) is 1.32. The molecule has 0 bridgehead atoms. The summed E-state index contributed by atoms with van der Waals surface area (Å²) >= 11 is 0. The number of fused-ring (bicyclic) bond motifs is 1. The van der Waals surface area contributed by atoms with Crippen molar-refractivity contribution in [3.63, 3.8) is 0 Å². The number of phenolic OH excluding ortho intramolecular Hbond substituents is 2. The molecule has 2 fully saturated rings. The Kier molecular flexibility index (Phi) is 10.2. The van der Waals surface area contributed by atoms with Crippen molar-refractivity contribution < 1.29 is 83.6 Å². The topological polar surface area (TPSA) is 266 Å². The second-order valence-electron chi connectivity index (χ2n) is 10.9. The lowest BCUT2D eigenvalue weighted by Gasteiger charge is -2.39. The van der Waals surface area contributed by atoms with E-state index in [1.165, 1.54) is 37.4 Å². The standard InChI is InChI=1S/C30H34O17/c1-11(32)42-10-21-23(36)25(38)27(40)30(47-21)45-19-8-14-16(43-28(19)12-3-4-15(34)18(5-12)41-2)6-13(33)7-17(14)44-29-26(39)24(37)22(35)20(9-31)46-29/h3-8,20-27,29-31,35-40H,9-10H2,1-2H3,(H-,33,34)/p+1. The highest BCUT2D eigenvalue weighted by molar-refractivity contribution is 5.89. The monoisotopic (exact) mass is 667 g/mol. The van der Waals surface area contributed by atoms with Gasteiger partial charge in [0, 0.05) is 25.1 Å². The number of aliphatic hydroxyl groups is 7. The molecular weight excluding hydrogens is 632 g/mol. The molecular formula is C30H35O17+. The number of aromatic hydroxyl groups is 2. The molecule has 47 heavy (non-hydrogen) atoms. The van der Waals surface area contributed by atoms with Crippen molar-refractivity contribution in [2.75, 3.05) is 20.3 Å². The van der Waals surface area contributed by atoms with Crippen LogP contribution in [0.25, 0.3) is 22.3 Å². The van der Waals surface area contributed by atoms with Crippen LogP contribution in [0.1, 0.15) is 6.92 Å². The average Bonchev–Trinajstić information content (AvgIpc) is 3.04. The van der Waals surface area contributed by atoms with E-state index in [0.717, 1.165) is 13.0 Å². The van der Waals surface area contributed by atoms with E-state index in [2.05, 4.69) is 0 Å². The number of esters is 1. The minimum atomic E-state index is -1.83. The number of ether oxygens (including phenoxy) is 6. The van der Waals surface area contributed by atoms with Crippen LogP contribution in [0.15, 0.2) is 40.8 Å². The Morgan fingerprint density at radius 3 is 2.02 bits per heavy atom. The Hall–Kier alpha value is -4.04. The molecule has 1 aromatic heterocycles. The van der Waals surface area contributed by atoms with Gasteiger partial charge in [0.1, 0.15) is 72.3 Å². The van der Waals surface area contributed by atoms with Gasteiger partial charge >= 0.3 is 17.3 Å². The third kappa shape index (κ3) is 6.98. The lowest BCUT2D eigenvalue weighted by atomic mass is 9.99. The summed E-state index contributed by atoms with van der Waals surface area (Å²) in [6.07, 6.45) is -16.5. The molecule has 256 valence electrons. The number of hydrogen-bond donors (Lipinski definition) is 9. The largest absolute Gasteiger partial charge is 0.507 e. The van der Waals surface area contributed by atoms with Crippen LogP contribution in [0.2, 0.25) is 0 Å². The third-order valence-electron chi connectivity index (χ3n) is 7.70. The van der Waals surface area contributed by atoms with E-state index in [0.29, 0.717) is 0 Å². The number of hydrogen-bond acceptors (Lipinski definition) is 16. The number of phenols is 2. The maximum absolute atomic E-state index is 11.4. The summed E-state index contributed by atoms with van der Waals surface area (Å²) in [4.78, 5) is 11.4. The van der Waals surface area contributed by atoms with Crippen LogP contribution in [0.5, 0.6) is 28.7 Å². The first-order valence-electron chi connectivity index (χ1n) is 14.3. The zero-order valence-corrected chi connectivity index (χ0v) is 24.9. The van der Waals surface area contributed by atoms with Gasteiger partial charge < -0.3 is 74.4 Å². The molecule has 2 aliphatic rings. The molecule has 2 aliphatic heterocycles. The Bertz CT molecular complexity index is 1580. The minimum absolute atomic E-state index is 0.0349. The van der Waals surface area contributed by atoms with E-state index in [4.69, 9.17) is 32.8 Å². The molecule has 17 heteroatoms. The van der Waals surface area contributed by atoms with E-state index >= 15 is 0 Å². The molecule has 10 atom stereocenters. The van der Waals surface area contributed by atoms with Gasteiger partial charge in [-0.1, -0.05) is 0 Å². The Balaban J connectivity index is 1.60. The van der Waals surface area contributed by atoms with E-state index in [-0.39, 0.29) is 51.0 Å². The summed E-state index contributed by atoms with van der Waals surface area (Å²) < 4.78 is 39.1. The highest BCUT2D eigenvalue weighted by atomic mass is 16.7. The number of carbonyl (C=O) groups excluding carboxylic acids is 1. The maximum Gasteiger partial charge on any atom is 0.402 e. The first kappa shape index (κ1) is 34.3. The summed E-state index contributed by atoms with van der Waals surface area (Å²) in [5.41, 5.74) is 0.214. The molecule has 5 rings (SSSR count). The third-order valence-corrected chi connectivity index (χ3v) is 7.70. The molecule has 0 amide bonds.